The van der Waals surface area contributed by atoms with Crippen LogP contribution >= 0.6 is 0 Å². The summed E-state index contributed by atoms with van der Waals surface area (Å²) in [5.41, 5.74) is 8.55. The summed E-state index contributed by atoms with van der Waals surface area (Å²) in [6, 6.07) is 5.90. The molecule has 1 aromatic rings. The van der Waals surface area contributed by atoms with Gasteiger partial charge in [0.2, 0.25) is 5.91 Å². The molecule has 4 nitrogen and oxygen atoms in total. The van der Waals surface area contributed by atoms with Crippen LogP contribution in [0.2, 0.25) is 0 Å². The Balaban J connectivity index is 2.15. The zero-order valence-corrected chi connectivity index (χ0v) is 11.4. The number of hydrogen-bond acceptors (Lipinski definition) is 3. The van der Waals surface area contributed by atoms with Crippen LogP contribution in [0.3, 0.4) is 0 Å². The number of carbonyl (C=O) groups excluding carboxylic acids is 1. The summed E-state index contributed by atoms with van der Waals surface area (Å²) in [5, 5.41) is 10.1. The number of nitrogens with two attached hydrogens (primary N) is 1. The number of anilines is 1. The van der Waals surface area contributed by atoms with Crippen LogP contribution in [-0.2, 0) is 11.2 Å². The zero-order valence-electron chi connectivity index (χ0n) is 11.4. The van der Waals surface area contributed by atoms with Crippen LogP contribution in [0.15, 0.2) is 18.2 Å². The first-order valence-corrected chi connectivity index (χ1v) is 6.98. The van der Waals surface area contributed by atoms with E-state index in [1.54, 1.807) is 0 Å². The van der Waals surface area contributed by atoms with E-state index in [1.807, 2.05) is 30.0 Å². The second-order valence-electron chi connectivity index (χ2n) is 4.98. The van der Waals surface area contributed by atoms with Crippen molar-refractivity contribution >= 4 is 11.6 Å². The number of benzene rings is 1. The second-order valence-corrected chi connectivity index (χ2v) is 4.98. The predicted octanol–water partition coefficient (Wildman–Crippen LogP) is 1.76. The lowest BCUT2D eigenvalue weighted by Gasteiger charge is -2.17. The second kappa shape index (κ2) is 6.17. The van der Waals surface area contributed by atoms with Crippen LogP contribution in [0.25, 0.3) is 0 Å². The molecule has 0 radical (unpaired) electrons. The molecule has 0 fully saturated rings. The SMILES string of the molecule is CCC(=O)N1CCc2cc(C(O)CCCN)ccc21. The molecule has 1 unspecified atom stereocenters. The van der Waals surface area contributed by atoms with Crippen molar-refractivity contribution in [3.8, 4) is 0 Å². The van der Waals surface area contributed by atoms with Gasteiger partial charge in [-0.05, 0) is 43.0 Å². The van der Waals surface area contributed by atoms with Crippen LogP contribution in [0.1, 0.15) is 43.4 Å². The highest BCUT2D eigenvalue weighted by atomic mass is 16.3. The summed E-state index contributed by atoms with van der Waals surface area (Å²) in [4.78, 5) is 13.6. The van der Waals surface area contributed by atoms with Gasteiger partial charge < -0.3 is 15.7 Å². The van der Waals surface area contributed by atoms with E-state index >= 15 is 0 Å². The summed E-state index contributed by atoms with van der Waals surface area (Å²) in [6.07, 6.45) is 2.45. The van der Waals surface area contributed by atoms with Gasteiger partial charge in [-0.15, -0.1) is 0 Å². The number of aliphatic hydroxyl groups excluding tert-OH is 1. The third-order valence-electron chi connectivity index (χ3n) is 3.67. The van der Waals surface area contributed by atoms with Gasteiger partial charge in [0.1, 0.15) is 0 Å². The highest BCUT2D eigenvalue weighted by Crippen LogP contribution is 2.31. The monoisotopic (exact) mass is 262 g/mol. The van der Waals surface area contributed by atoms with Crippen molar-refractivity contribution in [3.05, 3.63) is 29.3 Å². The third kappa shape index (κ3) is 2.96. The predicted molar refractivity (Wildman–Crippen MR) is 76.0 cm³/mol. The maximum atomic E-state index is 11.8. The molecule has 1 aliphatic heterocycles. The van der Waals surface area contributed by atoms with Gasteiger partial charge in [-0.1, -0.05) is 19.1 Å². The fraction of sp³-hybridized carbons (Fsp3) is 0.533. The fourth-order valence-electron chi connectivity index (χ4n) is 2.56. The van der Waals surface area contributed by atoms with Crippen LogP contribution < -0.4 is 10.6 Å². The molecule has 19 heavy (non-hydrogen) atoms. The lowest BCUT2D eigenvalue weighted by atomic mass is 10.0. The Morgan fingerprint density at radius 3 is 3.00 bits per heavy atom. The van der Waals surface area contributed by atoms with Gasteiger partial charge in [0.25, 0.3) is 0 Å². The minimum absolute atomic E-state index is 0.162. The summed E-state index contributed by atoms with van der Waals surface area (Å²) in [7, 11) is 0. The maximum absolute atomic E-state index is 11.8. The molecule has 1 atom stereocenters. The number of aliphatic hydroxyl groups is 1. The van der Waals surface area contributed by atoms with Crippen molar-refractivity contribution in [1.82, 2.24) is 0 Å². The number of rotatable bonds is 5. The van der Waals surface area contributed by atoms with Gasteiger partial charge >= 0.3 is 0 Å². The molecule has 1 aromatic carbocycles. The van der Waals surface area contributed by atoms with E-state index < -0.39 is 6.10 Å². The Morgan fingerprint density at radius 1 is 1.53 bits per heavy atom. The minimum Gasteiger partial charge on any atom is -0.388 e. The molecule has 4 heteroatoms. The molecule has 0 saturated carbocycles. The van der Waals surface area contributed by atoms with E-state index in [9.17, 15) is 9.90 Å². The van der Waals surface area contributed by atoms with E-state index in [1.165, 1.54) is 0 Å². The largest absolute Gasteiger partial charge is 0.388 e. The topological polar surface area (TPSA) is 66.6 Å². The Labute approximate surface area is 114 Å². The number of amides is 1. The van der Waals surface area contributed by atoms with Crippen LogP contribution in [0.5, 0.6) is 0 Å². The highest BCUT2D eigenvalue weighted by Gasteiger charge is 2.24. The van der Waals surface area contributed by atoms with Crippen molar-refractivity contribution < 1.29 is 9.90 Å². The molecule has 2 rings (SSSR count). The highest BCUT2D eigenvalue weighted by molar-refractivity contribution is 5.95. The molecule has 0 aliphatic carbocycles. The molecule has 0 bridgehead atoms. The first-order valence-electron chi connectivity index (χ1n) is 6.98. The van der Waals surface area contributed by atoms with Crippen LogP contribution in [0.4, 0.5) is 5.69 Å². The molecular weight excluding hydrogens is 240 g/mol. The Bertz CT molecular complexity index is 459. The van der Waals surface area contributed by atoms with Crippen LogP contribution in [-0.4, -0.2) is 24.1 Å². The first kappa shape index (κ1) is 14.0. The number of carbonyl (C=O) groups is 1. The standard InChI is InChI=1S/C15H22N2O2/c1-2-15(19)17-9-7-11-10-12(5-6-13(11)17)14(18)4-3-8-16/h5-6,10,14,18H,2-4,7-9,16H2,1H3. The normalized spacial score (nSPS) is 15.4. The number of hydrogen-bond donors (Lipinski definition) is 2. The van der Waals surface area contributed by atoms with Gasteiger partial charge in [0, 0.05) is 18.7 Å². The first-order chi connectivity index (χ1) is 9.17. The lowest BCUT2D eigenvalue weighted by Crippen LogP contribution is -2.27. The molecule has 1 heterocycles. The molecule has 0 aromatic heterocycles. The number of fused-ring (bicyclic) bond motifs is 1. The van der Waals surface area contributed by atoms with E-state index in [2.05, 4.69) is 0 Å². The fourth-order valence-corrected chi connectivity index (χ4v) is 2.56. The summed E-state index contributed by atoms with van der Waals surface area (Å²) in [5.74, 6) is 0.162. The average molecular weight is 262 g/mol. The summed E-state index contributed by atoms with van der Waals surface area (Å²) < 4.78 is 0. The number of nitrogens with zero attached hydrogens (tertiary/aromatic N) is 1. The Morgan fingerprint density at radius 2 is 2.32 bits per heavy atom. The molecule has 3 N–H and O–H groups in total. The minimum atomic E-state index is -0.454. The van der Waals surface area contributed by atoms with E-state index in [0.29, 0.717) is 19.4 Å². The summed E-state index contributed by atoms with van der Waals surface area (Å²) >= 11 is 0. The van der Waals surface area contributed by atoms with Gasteiger partial charge in [-0.3, -0.25) is 4.79 Å². The van der Waals surface area contributed by atoms with Crippen molar-refractivity contribution in [2.24, 2.45) is 5.73 Å². The molecular formula is C15H22N2O2. The zero-order chi connectivity index (χ0) is 13.8. The Hall–Kier alpha value is -1.39. The maximum Gasteiger partial charge on any atom is 0.226 e. The molecule has 1 amide bonds. The average Bonchev–Trinajstić information content (AvgIpc) is 2.86. The third-order valence-corrected chi connectivity index (χ3v) is 3.67. The van der Waals surface area contributed by atoms with Crippen molar-refractivity contribution in [2.75, 3.05) is 18.0 Å². The van der Waals surface area contributed by atoms with Gasteiger partial charge in [0.05, 0.1) is 6.10 Å². The van der Waals surface area contributed by atoms with Crippen LogP contribution in [0, 0.1) is 0 Å². The van der Waals surface area contributed by atoms with Gasteiger partial charge in [-0.2, -0.15) is 0 Å². The van der Waals surface area contributed by atoms with Crippen molar-refractivity contribution in [1.29, 1.82) is 0 Å². The van der Waals surface area contributed by atoms with Gasteiger partial charge in [0.15, 0.2) is 0 Å². The lowest BCUT2D eigenvalue weighted by molar-refractivity contribution is -0.118. The smallest absolute Gasteiger partial charge is 0.226 e. The molecule has 0 saturated heterocycles. The summed E-state index contributed by atoms with van der Waals surface area (Å²) in [6.45, 7) is 3.23. The van der Waals surface area contributed by atoms with E-state index in [0.717, 1.165) is 36.2 Å². The molecule has 104 valence electrons. The quantitative estimate of drug-likeness (QED) is 0.849. The van der Waals surface area contributed by atoms with Crippen molar-refractivity contribution in [2.45, 2.75) is 38.7 Å². The molecule has 1 aliphatic rings. The van der Waals surface area contributed by atoms with Gasteiger partial charge in [-0.25, -0.2) is 0 Å². The van der Waals surface area contributed by atoms with Crippen molar-refractivity contribution in [3.63, 3.8) is 0 Å². The van der Waals surface area contributed by atoms with E-state index in [-0.39, 0.29) is 5.91 Å². The van der Waals surface area contributed by atoms with E-state index in [4.69, 9.17) is 5.73 Å². The molecule has 0 spiro atoms. The Kier molecular flexibility index (Phi) is 4.56.